The molecule has 0 amide bonds. The Morgan fingerprint density at radius 3 is 2.69 bits per heavy atom. The number of aryl methyl sites for hydroxylation is 1. The molecule has 0 bridgehead atoms. The van der Waals surface area contributed by atoms with Crippen molar-refractivity contribution in [2.45, 2.75) is 33.7 Å². The van der Waals surface area contributed by atoms with Crippen LogP contribution in [0.4, 0.5) is 0 Å². The Hall–Kier alpha value is -2.80. The Morgan fingerprint density at radius 2 is 2.03 bits per heavy atom. The lowest BCUT2D eigenvalue weighted by Crippen LogP contribution is -2.09. The summed E-state index contributed by atoms with van der Waals surface area (Å²) in [6.07, 6.45) is 4.17. The van der Waals surface area contributed by atoms with Crippen LogP contribution in [0.3, 0.4) is 0 Å². The van der Waals surface area contributed by atoms with E-state index in [0.717, 1.165) is 38.6 Å². The van der Waals surface area contributed by atoms with Gasteiger partial charge in [0.1, 0.15) is 5.82 Å². The van der Waals surface area contributed by atoms with E-state index >= 15 is 0 Å². The first-order valence-electron chi connectivity index (χ1n) is 9.50. The lowest BCUT2D eigenvalue weighted by molar-refractivity contribution is -0.142. The summed E-state index contributed by atoms with van der Waals surface area (Å²) in [5.41, 5.74) is 5.05. The lowest BCUT2D eigenvalue weighted by atomic mass is 10.0. The van der Waals surface area contributed by atoms with Gasteiger partial charge < -0.3 is 4.74 Å². The van der Waals surface area contributed by atoms with Gasteiger partial charge in [0.05, 0.1) is 30.2 Å². The SMILES string of the molecule is CCOC(=O)CC.Cc1cnc2n1-c1ccc(Br)cc1C(c1ccccn1)=NC2. The number of carbonyl (C=O) groups is 1. The van der Waals surface area contributed by atoms with Crippen LogP contribution in [-0.2, 0) is 16.1 Å². The van der Waals surface area contributed by atoms with E-state index in [1.54, 1.807) is 20.0 Å². The van der Waals surface area contributed by atoms with Crippen LogP contribution in [-0.4, -0.2) is 32.8 Å². The van der Waals surface area contributed by atoms with Gasteiger partial charge in [-0.15, -0.1) is 0 Å². The van der Waals surface area contributed by atoms with Crippen molar-refractivity contribution < 1.29 is 9.53 Å². The molecule has 1 aliphatic rings. The van der Waals surface area contributed by atoms with Crippen LogP contribution in [0.25, 0.3) is 5.69 Å². The van der Waals surface area contributed by atoms with Crippen molar-refractivity contribution in [2.75, 3.05) is 6.61 Å². The lowest BCUT2D eigenvalue weighted by Gasteiger charge is -2.13. The minimum atomic E-state index is -0.123. The van der Waals surface area contributed by atoms with E-state index in [1.807, 2.05) is 30.5 Å². The highest BCUT2D eigenvalue weighted by Crippen LogP contribution is 2.28. The molecule has 7 heteroatoms. The van der Waals surface area contributed by atoms with E-state index in [4.69, 9.17) is 4.99 Å². The Bertz CT molecular complexity index is 1030. The molecule has 3 aromatic rings. The number of halogens is 1. The number of pyridine rings is 1. The molecule has 29 heavy (non-hydrogen) atoms. The van der Waals surface area contributed by atoms with Crippen LogP contribution in [0.15, 0.2) is 58.3 Å². The Balaban J connectivity index is 0.000000298. The summed E-state index contributed by atoms with van der Waals surface area (Å²) in [6.45, 7) is 6.68. The van der Waals surface area contributed by atoms with Gasteiger partial charge in [0.2, 0.25) is 0 Å². The number of ether oxygens (including phenoxy) is 1. The second-order valence-electron chi connectivity index (χ2n) is 6.35. The second kappa shape index (κ2) is 9.60. The van der Waals surface area contributed by atoms with Crippen molar-refractivity contribution in [1.82, 2.24) is 14.5 Å². The number of aliphatic imine (C=N–C) groups is 1. The molecule has 0 unspecified atom stereocenters. The van der Waals surface area contributed by atoms with Gasteiger partial charge in [-0.2, -0.15) is 0 Å². The van der Waals surface area contributed by atoms with Gasteiger partial charge in [-0.1, -0.05) is 28.9 Å². The smallest absolute Gasteiger partial charge is 0.305 e. The van der Waals surface area contributed by atoms with Crippen LogP contribution in [0, 0.1) is 6.92 Å². The first kappa shape index (κ1) is 20.9. The van der Waals surface area contributed by atoms with Crippen LogP contribution in [0.5, 0.6) is 0 Å². The van der Waals surface area contributed by atoms with Gasteiger partial charge in [0, 0.05) is 34.5 Å². The number of carbonyl (C=O) groups excluding carboxylic acids is 1. The van der Waals surface area contributed by atoms with E-state index in [2.05, 4.69) is 54.3 Å². The molecule has 0 aliphatic carbocycles. The Morgan fingerprint density at radius 1 is 1.21 bits per heavy atom. The quantitative estimate of drug-likeness (QED) is 0.540. The van der Waals surface area contributed by atoms with Crippen molar-refractivity contribution >= 4 is 27.6 Å². The monoisotopic (exact) mass is 454 g/mol. The zero-order valence-electron chi connectivity index (χ0n) is 16.7. The molecular weight excluding hydrogens is 432 g/mol. The van der Waals surface area contributed by atoms with E-state index in [0.29, 0.717) is 19.6 Å². The number of fused-ring (bicyclic) bond motifs is 3. The summed E-state index contributed by atoms with van der Waals surface area (Å²) in [5.74, 6) is 0.828. The second-order valence-corrected chi connectivity index (χ2v) is 7.27. The molecule has 1 aliphatic heterocycles. The van der Waals surface area contributed by atoms with E-state index in [-0.39, 0.29) is 5.97 Å². The van der Waals surface area contributed by atoms with E-state index in [1.165, 1.54) is 0 Å². The van der Waals surface area contributed by atoms with Crippen molar-refractivity contribution in [2.24, 2.45) is 4.99 Å². The van der Waals surface area contributed by atoms with Crippen LogP contribution < -0.4 is 0 Å². The van der Waals surface area contributed by atoms with Crippen molar-refractivity contribution in [3.05, 3.63) is 76.0 Å². The highest BCUT2D eigenvalue weighted by molar-refractivity contribution is 9.10. The highest BCUT2D eigenvalue weighted by atomic mass is 79.9. The zero-order valence-corrected chi connectivity index (χ0v) is 18.3. The van der Waals surface area contributed by atoms with Gasteiger partial charge in [-0.3, -0.25) is 19.3 Å². The van der Waals surface area contributed by atoms with E-state index in [9.17, 15) is 4.79 Å². The van der Waals surface area contributed by atoms with E-state index < -0.39 is 0 Å². The maximum atomic E-state index is 10.2. The fraction of sp³-hybridized carbons (Fsp3) is 0.273. The third-order valence-corrected chi connectivity index (χ3v) is 4.84. The summed E-state index contributed by atoms with van der Waals surface area (Å²) in [7, 11) is 0. The molecule has 0 N–H and O–H groups in total. The molecule has 0 atom stereocenters. The number of hydrogen-bond donors (Lipinski definition) is 0. The summed E-state index contributed by atoms with van der Waals surface area (Å²) >= 11 is 3.56. The van der Waals surface area contributed by atoms with Crippen molar-refractivity contribution in [3.8, 4) is 5.69 Å². The molecule has 0 radical (unpaired) electrons. The van der Waals surface area contributed by atoms with Gasteiger partial charge in [0.15, 0.2) is 0 Å². The largest absolute Gasteiger partial charge is 0.466 e. The van der Waals surface area contributed by atoms with Gasteiger partial charge in [-0.25, -0.2) is 4.98 Å². The summed E-state index contributed by atoms with van der Waals surface area (Å²) < 4.78 is 7.74. The molecule has 0 saturated carbocycles. The maximum Gasteiger partial charge on any atom is 0.305 e. The molecule has 4 rings (SSSR count). The first-order valence-corrected chi connectivity index (χ1v) is 10.3. The normalized spacial score (nSPS) is 11.9. The number of hydrogen-bond acceptors (Lipinski definition) is 5. The molecule has 6 nitrogen and oxygen atoms in total. The maximum absolute atomic E-state index is 10.2. The molecule has 1 aromatic carbocycles. The highest BCUT2D eigenvalue weighted by Gasteiger charge is 2.21. The third-order valence-electron chi connectivity index (χ3n) is 4.35. The standard InChI is InChI=1S/C17H13BrN4.C5H10O2/c1-11-9-20-16-10-21-17(14-4-2-3-7-19-14)13-8-12(18)5-6-15(13)22(11)16;1-3-5(6)7-4-2/h2-9H,10H2,1H3;3-4H2,1-2H3. The topological polar surface area (TPSA) is 69.4 Å². The van der Waals surface area contributed by atoms with Gasteiger partial charge in [0.25, 0.3) is 0 Å². The summed E-state index contributed by atoms with van der Waals surface area (Å²) in [4.78, 5) is 23.9. The van der Waals surface area contributed by atoms with Gasteiger partial charge in [-0.05, 0) is 44.2 Å². The third kappa shape index (κ3) is 4.79. The first-order chi connectivity index (χ1) is 14.0. The number of aromatic nitrogens is 3. The molecule has 0 saturated heterocycles. The summed E-state index contributed by atoms with van der Waals surface area (Å²) in [5, 5.41) is 0. The van der Waals surface area contributed by atoms with Crippen molar-refractivity contribution in [3.63, 3.8) is 0 Å². The van der Waals surface area contributed by atoms with Crippen LogP contribution >= 0.6 is 15.9 Å². The molecule has 0 fully saturated rings. The van der Waals surface area contributed by atoms with Crippen molar-refractivity contribution in [1.29, 1.82) is 0 Å². The predicted octanol–water partition coefficient (Wildman–Crippen LogP) is 4.65. The molecular formula is C22H23BrN4O2. The number of benzene rings is 1. The van der Waals surface area contributed by atoms with Gasteiger partial charge >= 0.3 is 5.97 Å². The molecule has 0 spiro atoms. The average Bonchev–Trinajstić information content (AvgIpc) is 3.01. The molecule has 2 aromatic heterocycles. The molecule has 3 heterocycles. The minimum absolute atomic E-state index is 0.123. The fourth-order valence-corrected chi connectivity index (χ4v) is 3.40. The average molecular weight is 455 g/mol. The Kier molecular flexibility index (Phi) is 6.93. The fourth-order valence-electron chi connectivity index (χ4n) is 3.04. The van der Waals surface area contributed by atoms with Crippen LogP contribution in [0.2, 0.25) is 0 Å². The molecule has 150 valence electrons. The number of nitrogens with zero attached hydrogens (tertiary/aromatic N) is 4. The zero-order chi connectivity index (χ0) is 20.8. The van der Waals surface area contributed by atoms with Crippen LogP contribution in [0.1, 0.15) is 43.0 Å². The predicted molar refractivity (Wildman–Crippen MR) is 117 cm³/mol. The number of rotatable bonds is 3. The minimum Gasteiger partial charge on any atom is -0.466 e. The summed E-state index contributed by atoms with van der Waals surface area (Å²) in [6, 6.07) is 12.1. The number of imidazole rings is 1. The number of esters is 1. The Labute approximate surface area is 178 Å².